The van der Waals surface area contributed by atoms with Gasteiger partial charge in [-0.15, -0.1) is 0 Å². The van der Waals surface area contributed by atoms with Gasteiger partial charge in [-0.2, -0.15) is 5.10 Å². The number of anilines is 1. The van der Waals surface area contributed by atoms with Crippen LogP contribution in [-0.2, 0) is 9.53 Å². The summed E-state index contributed by atoms with van der Waals surface area (Å²) in [5.74, 6) is -3.32. The van der Waals surface area contributed by atoms with Crippen molar-refractivity contribution in [2.24, 2.45) is 0 Å². The van der Waals surface area contributed by atoms with E-state index in [0.29, 0.717) is 5.69 Å². The molecule has 0 aliphatic rings. The van der Waals surface area contributed by atoms with Gasteiger partial charge in [-0.1, -0.05) is 0 Å². The summed E-state index contributed by atoms with van der Waals surface area (Å²) in [5.41, 5.74) is -0.368. The minimum absolute atomic E-state index is 0.0575. The summed E-state index contributed by atoms with van der Waals surface area (Å²) in [6.45, 7) is 1.00. The average Bonchev–Trinajstić information content (AvgIpc) is 3.19. The van der Waals surface area contributed by atoms with Gasteiger partial charge in [0.25, 0.3) is 11.6 Å². The first-order valence-corrected chi connectivity index (χ1v) is 9.17. The lowest BCUT2D eigenvalue weighted by Crippen LogP contribution is -2.21. The molecule has 0 saturated heterocycles. The lowest BCUT2D eigenvalue weighted by atomic mass is 10.3. The highest BCUT2D eigenvalue weighted by Crippen LogP contribution is 2.23. The van der Waals surface area contributed by atoms with Crippen LogP contribution in [0.2, 0.25) is 0 Å². The summed E-state index contributed by atoms with van der Waals surface area (Å²) in [4.78, 5) is 34.6. The third-order valence-electron chi connectivity index (χ3n) is 4.04. The maximum Gasteiger partial charge on any atom is 0.362 e. The van der Waals surface area contributed by atoms with Gasteiger partial charge in [-0.3, -0.25) is 14.9 Å². The van der Waals surface area contributed by atoms with Crippen molar-refractivity contribution in [3.05, 3.63) is 76.1 Å². The van der Waals surface area contributed by atoms with E-state index < -0.39 is 35.0 Å². The van der Waals surface area contributed by atoms with E-state index in [9.17, 15) is 28.5 Å². The zero-order valence-corrected chi connectivity index (χ0v) is 16.6. The number of halogens is 2. The molecule has 2 aromatic carbocycles. The fourth-order valence-corrected chi connectivity index (χ4v) is 2.59. The number of hydrogen-bond acceptors (Lipinski definition) is 7. The lowest BCUT2D eigenvalue weighted by molar-refractivity contribution is -0.384. The second-order valence-electron chi connectivity index (χ2n) is 6.24. The SMILES string of the molecule is CCOC(=O)c1nn(-c2ccc([N+](=O)[O-])cc2)cc1OCC(=O)Nc1cc(F)ccc1F. The van der Waals surface area contributed by atoms with Crippen molar-refractivity contribution >= 4 is 23.3 Å². The molecule has 1 heterocycles. The normalized spacial score (nSPS) is 10.5. The van der Waals surface area contributed by atoms with Crippen LogP contribution in [0.5, 0.6) is 5.75 Å². The molecule has 12 heteroatoms. The molecule has 32 heavy (non-hydrogen) atoms. The second-order valence-corrected chi connectivity index (χ2v) is 6.24. The van der Waals surface area contributed by atoms with Crippen LogP contribution in [0.3, 0.4) is 0 Å². The number of rotatable bonds is 8. The number of nitrogens with zero attached hydrogens (tertiary/aromatic N) is 3. The monoisotopic (exact) mass is 446 g/mol. The first kappa shape index (κ1) is 22.3. The van der Waals surface area contributed by atoms with Gasteiger partial charge < -0.3 is 14.8 Å². The molecule has 3 rings (SSSR count). The van der Waals surface area contributed by atoms with Gasteiger partial charge >= 0.3 is 5.97 Å². The minimum atomic E-state index is -0.835. The topological polar surface area (TPSA) is 126 Å². The van der Waals surface area contributed by atoms with Gasteiger partial charge in [0.15, 0.2) is 12.4 Å². The maximum absolute atomic E-state index is 13.7. The molecule has 1 amide bonds. The predicted molar refractivity (Wildman–Crippen MR) is 107 cm³/mol. The summed E-state index contributed by atoms with van der Waals surface area (Å²) in [6.07, 6.45) is 1.28. The van der Waals surface area contributed by atoms with E-state index >= 15 is 0 Å². The van der Waals surface area contributed by atoms with E-state index in [4.69, 9.17) is 9.47 Å². The van der Waals surface area contributed by atoms with Crippen LogP contribution in [-0.4, -0.2) is 39.8 Å². The molecule has 0 unspecified atom stereocenters. The number of hydrogen-bond donors (Lipinski definition) is 1. The Morgan fingerprint density at radius 3 is 2.56 bits per heavy atom. The highest BCUT2D eigenvalue weighted by Gasteiger charge is 2.21. The Kier molecular flexibility index (Phi) is 6.73. The van der Waals surface area contributed by atoms with Crippen LogP contribution in [0.1, 0.15) is 17.4 Å². The van der Waals surface area contributed by atoms with Crippen LogP contribution in [0.25, 0.3) is 5.69 Å². The van der Waals surface area contributed by atoms with Gasteiger partial charge in [-0.05, 0) is 31.2 Å². The molecule has 0 atom stereocenters. The molecule has 0 aliphatic heterocycles. The van der Waals surface area contributed by atoms with Gasteiger partial charge in [0.2, 0.25) is 5.69 Å². The number of ether oxygens (including phenoxy) is 2. The van der Waals surface area contributed by atoms with E-state index in [1.807, 2.05) is 0 Å². The molecule has 0 radical (unpaired) electrons. The highest BCUT2D eigenvalue weighted by atomic mass is 19.1. The molecule has 0 aliphatic carbocycles. The van der Waals surface area contributed by atoms with E-state index in [1.165, 1.54) is 35.1 Å². The third-order valence-corrected chi connectivity index (χ3v) is 4.04. The van der Waals surface area contributed by atoms with Crippen molar-refractivity contribution in [3.8, 4) is 11.4 Å². The molecule has 3 aromatic rings. The summed E-state index contributed by atoms with van der Waals surface area (Å²) < 4.78 is 38.4. The first-order valence-electron chi connectivity index (χ1n) is 9.17. The van der Waals surface area contributed by atoms with Crippen molar-refractivity contribution in [1.82, 2.24) is 9.78 Å². The summed E-state index contributed by atoms with van der Waals surface area (Å²) >= 11 is 0. The Hall–Kier alpha value is -4.35. The molecule has 1 N–H and O–H groups in total. The molecule has 0 fully saturated rings. The Morgan fingerprint density at radius 1 is 1.19 bits per heavy atom. The van der Waals surface area contributed by atoms with Gasteiger partial charge in [-0.25, -0.2) is 18.3 Å². The number of carbonyl (C=O) groups is 2. The molecule has 0 spiro atoms. The van der Waals surface area contributed by atoms with Gasteiger partial charge in [0, 0.05) is 18.2 Å². The largest absolute Gasteiger partial charge is 0.480 e. The Labute approximate surface area is 179 Å². The van der Waals surface area contributed by atoms with Gasteiger partial charge in [0.1, 0.15) is 11.6 Å². The summed E-state index contributed by atoms with van der Waals surface area (Å²) in [7, 11) is 0. The number of amides is 1. The third kappa shape index (κ3) is 5.22. The average molecular weight is 446 g/mol. The Bertz CT molecular complexity index is 1160. The zero-order chi connectivity index (χ0) is 23.3. The lowest BCUT2D eigenvalue weighted by Gasteiger charge is -2.08. The fraction of sp³-hybridized carbons (Fsp3) is 0.150. The number of carbonyl (C=O) groups excluding carboxylic acids is 2. The number of nitrogens with one attached hydrogen (secondary N) is 1. The quantitative estimate of drug-likeness (QED) is 0.320. The summed E-state index contributed by atoms with van der Waals surface area (Å²) in [5, 5.41) is 17.0. The van der Waals surface area contributed by atoms with Crippen LogP contribution in [0, 0.1) is 21.7 Å². The van der Waals surface area contributed by atoms with Crippen LogP contribution >= 0.6 is 0 Å². The van der Waals surface area contributed by atoms with Crippen LogP contribution < -0.4 is 10.1 Å². The van der Waals surface area contributed by atoms with Crippen molar-refractivity contribution in [2.45, 2.75) is 6.92 Å². The second kappa shape index (κ2) is 9.64. The van der Waals surface area contributed by atoms with Crippen LogP contribution in [0.15, 0.2) is 48.7 Å². The number of nitro benzene ring substituents is 1. The number of esters is 1. The van der Waals surface area contributed by atoms with E-state index in [2.05, 4.69) is 10.4 Å². The number of benzene rings is 2. The standard InChI is InChI=1S/C20H16F2N4O6/c1-2-31-20(28)19-17(10-25(24-19)13-4-6-14(7-5-13)26(29)30)32-11-18(27)23-16-9-12(21)3-8-15(16)22/h3-10H,2,11H2,1H3,(H,23,27). The van der Waals surface area contributed by atoms with Crippen molar-refractivity contribution < 1.29 is 32.8 Å². The smallest absolute Gasteiger partial charge is 0.362 e. The van der Waals surface area contributed by atoms with E-state index in [0.717, 1.165) is 18.2 Å². The summed E-state index contributed by atoms with van der Waals surface area (Å²) in [6, 6.07) is 7.89. The van der Waals surface area contributed by atoms with Gasteiger partial charge in [0.05, 0.1) is 29.1 Å². The molecule has 1 aromatic heterocycles. The number of non-ortho nitro benzene ring substituents is 1. The number of nitro groups is 1. The molecular weight excluding hydrogens is 430 g/mol. The molecule has 0 saturated carbocycles. The predicted octanol–water partition coefficient (Wildman–Crippen LogP) is 3.25. The van der Waals surface area contributed by atoms with Crippen LogP contribution in [0.4, 0.5) is 20.2 Å². The Morgan fingerprint density at radius 2 is 1.91 bits per heavy atom. The first-order chi connectivity index (χ1) is 15.3. The maximum atomic E-state index is 13.7. The Balaban J connectivity index is 1.79. The van der Waals surface area contributed by atoms with E-state index in [-0.39, 0.29) is 29.4 Å². The molecule has 166 valence electrons. The molecule has 0 bridgehead atoms. The van der Waals surface area contributed by atoms with Crippen molar-refractivity contribution in [2.75, 3.05) is 18.5 Å². The molecule has 10 nitrogen and oxygen atoms in total. The van der Waals surface area contributed by atoms with E-state index in [1.54, 1.807) is 6.92 Å². The number of aromatic nitrogens is 2. The molecular formula is C20H16F2N4O6. The highest BCUT2D eigenvalue weighted by molar-refractivity contribution is 5.93. The fourth-order valence-electron chi connectivity index (χ4n) is 2.59. The zero-order valence-electron chi connectivity index (χ0n) is 16.6. The van der Waals surface area contributed by atoms with Crippen molar-refractivity contribution in [1.29, 1.82) is 0 Å². The van der Waals surface area contributed by atoms with Crippen molar-refractivity contribution in [3.63, 3.8) is 0 Å². The minimum Gasteiger partial charge on any atom is -0.480 e.